The van der Waals surface area contributed by atoms with Gasteiger partial charge in [-0.3, -0.25) is 4.79 Å². The standard InChI is InChI=1S/C24H22ClFN4O3/c25-21-3-1-2-16(23(21)26)12-30-5-4-15(8-22(30)32)20-11-28-24-19(20)9-17(10-27-24)29-6-7-33-14-18(31)13-29/h1-5,8-11,18,31H,6-7,12-14H2,(H,27,28). The van der Waals surface area contributed by atoms with Crippen LogP contribution < -0.4 is 10.5 Å². The summed E-state index contributed by atoms with van der Waals surface area (Å²) in [5.74, 6) is -0.519. The molecule has 1 atom stereocenters. The van der Waals surface area contributed by atoms with Crippen molar-refractivity contribution in [3.8, 4) is 11.1 Å². The van der Waals surface area contributed by atoms with Crippen LogP contribution in [0.1, 0.15) is 5.56 Å². The third-order valence-electron chi connectivity index (χ3n) is 5.81. The number of nitrogens with zero attached hydrogens (tertiary/aromatic N) is 3. The number of hydrogen-bond acceptors (Lipinski definition) is 5. The second-order valence-electron chi connectivity index (χ2n) is 8.06. The third-order valence-corrected chi connectivity index (χ3v) is 6.10. The summed E-state index contributed by atoms with van der Waals surface area (Å²) in [5.41, 5.74) is 3.24. The Kier molecular flexibility index (Phi) is 5.88. The van der Waals surface area contributed by atoms with Crippen LogP contribution in [-0.2, 0) is 11.3 Å². The highest BCUT2D eigenvalue weighted by molar-refractivity contribution is 6.30. The van der Waals surface area contributed by atoms with E-state index in [1.165, 1.54) is 16.7 Å². The van der Waals surface area contributed by atoms with Crippen LogP contribution in [-0.4, -0.2) is 52.0 Å². The number of pyridine rings is 2. The van der Waals surface area contributed by atoms with Crippen LogP contribution in [0.2, 0.25) is 5.02 Å². The number of aromatic amines is 1. The minimum atomic E-state index is -0.564. The number of aromatic nitrogens is 3. The molecule has 1 fully saturated rings. The van der Waals surface area contributed by atoms with Gasteiger partial charge in [0.2, 0.25) is 0 Å². The molecule has 0 bridgehead atoms. The molecule has 1 aromatic carbocycles. The summed E-state index contributed by atoms with van der Waals surface area (Å²) < 4.78 is 21.1. The van der Waals surface area contributed by atoms with Gasteiger partial charge in [-0.2, -0.15) is 0 Å². The van der Waals surface area contributed by atoms with Crippen LogP contribution in [0.4, 0.5) is 10.1 Å². The van der Waals surface area contributed by atoms with Crippen molar-refractivity contribution < 1.29 is 14.2 Å². The van der Waals surface area contributed by atoms with Gasteiger partial charge >= 0.3 is 0 Å². The molecule has 0 spiro atoms. The van der Waals surface area contributed by atoms with Crippen molar-refractivity contribution >= 4 is 28.3 Å². The summed E-state index contributed by atoms with van der Waals surface area (Å²) in [6.45, 7) is 2.05. The largest absolute Gasteiger partial charge is 0.389 e. The van der Waals surface area contributed by atoms with Gasteiger partial charge in [0.25, 0.3) is 5.56 Å². The summed E-state index contributed by atoms with van der Waals surface area (Å²) in [5, 5.41) is 11.0. The Balaban J connectivity index is 1.47. The van der Waals surface area contributed by atoms with Crippen molar-refractivity contribution in [2.75, 3.05) is 31.2 Å². The van der Waals surface area contributed by atoms with Crippen LogP contribution >= 0.6 is 11.6 Å². The van der Waals surface area contributed by atoms with Gasteiger partial charge in [-0.15, -0.1) is 0 Å². The molecule has 33 heavy (non-hydrogen) atoms. The van der Waals surface area contributed by atoms with Crippen molar-refractivity contribution in [2.45, 2.75) is 12.6 Å². The number of benzene rings is 1. The fourth-order valence-electron chi connectivity index (χ4n) is 4.09. The van der Waals surface area contributed by atoms with Gasteiger partial charge in [0, 0.05) is 48.1 Å². The number of H-pyrrole nitrogens is 1. The molecule has 0 saturated carbocycles. The zero-order valence-electron chi connectivity index (χ0n) is 17.7. The maximum Gasteiger partial charge on any atom is 0.251 e. The molecule has 170 valence electrons. The first kappa shape index (κ1) is 21.6. The molecule has 0 amide bonds. The maximum absolute atomic E-state index is 14.3. The van der Waals surface area contributed by atoms with Crippen molar-refractivity contribution in [3.05, 3.63) is 81.7 Å². The number of aliphatic hydroxyl groups is 1. The number of ether oxygens (including phenoxy) is 1. The van der Waals surface area contributed by atoms with Gasteiger partial charge in [-0.25, -0.2) is 9.37 Å². The highest BCUT2D eigenvalue weighted by Gasteiger charge is 2.18. The summed E-state index contributed by atoms with van der Waals surface area (Å²) in [4.78, 5) is 22.5. The Morgan fingerprint density at radius 2 is 2.18 bits per heavy atom. The molecule has 4 heterocycles. The number of fused-ring (bicyclic) bond motifs is 1. The summed E-state index contributed by atoms with van der Waals surface area (Å²) >= 11 is 5.86. The summed E-state index contributed by atoms with van der Waals surface area (Å²) in [6.07, 6.45) is 4.66. The lowest BCUT2D eigenvalue weighted by molar-refractivity contribution is 0.0597. The smallest absolute Gasteiger partial charge is 0.251 e. The SMILES string of the molecule is O=c1cc(-c2c[nH]c3ncc(N4CCOCC(O)C4)cc23)ccn1Cc1cccc(Cl)c1F. The Morgan fingerprint density at radius 3 is 3.03 bits per heavy atom. The average Bonchev–Trinajstić information content (AvgIpc) is 3.11. The third kappa shape index (κ3) is 4.37. The van der Waals surface area contributed by atoms with Crippen LogP contribution in [0.3, 0.4) is 0 Å². The lowest BCUT2D eigenvalue weighted by Gasteiger charge is -2.23. The normalized spacial score (nSPS) is 16.8. The van der Waals surface area contributed by atoms with E-state index in [1.807, 2.05) is 23.2 Å². The van der Waals surface area contributed by atoms with Gasteiger partial charge in [0.1, 0.15) is 11.5 Å². The molecule has 7 nitrogen and oxygen atoms in total. The van der Waals surface area contributed by atoms with E-state index in [0.29, 0.717) is 37.5 Å². The predicted octanol–water partition coefficient (Wildman–Crippen LogP) is 3.43. The minimum absolute atomic E-state index is 0.0303. The molecule has 1 unspecified atom stereocenters. The Bertz CT molecular complexity index is 1370. The summed E-state index contributed by atoms with van der Waals surface area (Å²) in [6, 6.07) is 10.1. The van der Waals surface area contributed by atoms with E-state index >= 15 is 0 Å². The van der Waals surface area contributed by atoms with E-state index in [-0.39, 0.29) is 17.1 Å². The molecule has 1 saturated heterocycles. The molecule has 9 heteroatoms. The first-order valence-electron chi connectivity index (χ1n) is 10.6. The van der Waals surface area contributed by atoms with Crippen LogP contribution in [0, 0.1) is 5.82 Å². The highest BCUT2D eigenvalue weighted by atomic mass is 35.5. The van der Waals surface area contributed by atoms with E-state index in [2.05, 4.69) is 9.97 Å². The van der Waals surface area contributed by atoms with Crippen LogP contribution in [0.5, 0.6) is 0 Å². The molecule has 1 aliphatic rings. The van der Waals surface area contributed by atoms with E-state index in [0.717, 1.165) is 22.2 Å². The van der Waals surface area contributed by atoms with E-state index in [1.54, 1.807) is 24.5 Å². The number of nitrogens with one attached hydrogen (secondary N) is 1. The number of aliphatic hydroxyl groups excluding tert-OH is 1. The highest BCUT2D eigenvalue weighted by Crippen LogP contribution is 2.30. The molecule has 5 rings (SSSR count). The lowest BCUT2D eigenvalue weighted by atomic mass is 10.1. The molecule has 4 aromatic rings. The molecular formula is C24H22ClFN4O3. The number of anilines is 1. The minimum Gasteiger partial charge on any atom is -0.389 e. The Hall–Kier alpha value is -3.20. The van der Waals surface area contributed by atoms with Gasteiger partial charge < -0.3 is 24.3 Å². The van der Waals surface area contributed by atoms with Crippen LogP contribution in [0.15, 0.2) is 59.8 Å². The van der Waals surface area contributed by atoms with Crippen molar-refractivity contribution in [3.63, 3.8) is 0 Å². The zero-order valence-corrected chi connectivity index (χ0v) is 18.4. The van der Waals surface area contributed by atoms with Gasteiger partial charge in [0.15, 0.2) is 0 Å². The number of rotatable bonds is 4. The first-order valence-corrected chi connectivity index (χ1v) is 11.0. The van der Waals surface area contributed by atoms with E-state index in [9.17, 15) is 14.3 Å². The zero-order chi connectivity index (χ0) is 22.9. The van der Waals surface area contributed by atoms with Gasteiger partial charge in [-0.1, -0.05) is 23.7 Å². The van der Waals surface area contributed by atoms with E-state index in [4.69, 9.17) is 16.3 Å². The summed E-state index contributed by atoms with van der Waals surface area (Å²) in [7, 11) is 0. The molecule has 0 radical (unpaired) electrons. The second-order valence-corrected chi connectivity index (χ2v) is 8.47. The number of halogens is 2. The number of hydrogen-bond donors (Lipinski definition) is 2. The molecule has 3 aromatic heterocycles. The quantitative estimate of drug-likeness (QED) is 0.479. The van der Waals surface area contributed by atoms with E-state index < -0.39 is 11.9 Å². The van der Waals surface area contributed by atoms with Crippen molar-refractivity contribution in [1.29, 1.82) is 0 Å². The average molecular weight is 469 g/mol. The van der Waals surface area contributed by atoms with Crippen molar-refractivity contribution in [1.82, 2.24) is 14.5 Å². The first-order chi connectivity index (χ1) is 16.0. The molecule has 0 aliphatic carbocycles. The number of β-amino-alcohol motifs (C(OH)–C–C–N with tert-alkyl or cyclic N) is 1. The lowest BCUT2D eigenvalue weighted by Crippen LogP contribution is -2.32. The second kappa shape index (κ2) is 8.97. The van der Waals surface area contributed by atoms with Crippen LogP contribution in [0.25, 0.3) is 22.2 Å². The monoisotopic (exact) mass is 468 g/mol. The predicted molar refractivity (Wildman–Crippen MR) is 125 cm³/mol. The molecule has 1 aliphatic heterocycles. The van der Waals surface area contributed by atoms with Gasteiger partial charge in [0.05, 0.1) is 42.8 Å². The van der Waals surface area contributed by atoms with Crippen molar-refractivity contribution in [2.24, 2.45) is 0 Å². The maximum atomic E-state index is 14.3. The Morgan fingerprint density at radius 1 is 1.30 bits per heavy atom. The molecular weight excluding hydrogens is 447 g/mol. The fraction of sp³-hybridized carbons (Fsp3) is 0.250. The fourth-order valence-corrected chi connectivity index (χ4v) is 4.29. The molecule has 2 N–H and O–H groups in total. The van der Waals surface area contributed by atoms with Gasteiger partial charge in [-0.05, 0) is 23.8 Å². The Labute approximate surface area is 194 Å². The topological polar surface area (TPSA) is 83.4 Å².